The van der Waals surface area contributed by atoms with Gasteiger partial charge in [0.05, 0.1) is 27.9 Å². The number of aromatic amines is 1. The Morgan fingerprint density at radius 3 is 2.34 bits per heavy atom. The molecule has 5 rings (SSSR count). The lowest BCUT2D eigenvalue weighted by molar-refractivity contribution is 0.904. The minimum absolute atomic E-state index is 0.286. The first-order valence-corrected chi connectivity index (χ1v) is 10.5. The Balaban J connectivity index is 1.84. The summed E-state index contributed by atoms with van der Waals surface area (Å²) in [5.41, 5.74) is 5.04. The molecule has 2 heterocycles. The summed E-state index contributed by atoms with van der Waals surface area (Å²) < 4.78 is 1.34. The van der Waals surface area contributed by atoms with Crippen LogP contribution in [0.4, 0.5) is 0 Å². The summed E-state index contributed by atoms with van der Waals surface area (Å²) >= 11 is 12.7. The normalized spacial score (nSPS) is 10.9. The lowest BCUT2D eigenvalue weighted by atomic mass is 10.0. The molecule has 0 amide bonds. The second-order valence-electron chi connectivity index (χ2n) is 7.18. The Kier molecular flexibility index (Phi) is 5.02. The van der Waals surface area contributed by atoms with Gasteiger partial charge in [-0.2, -0.15) is 14.9 Å². The quantitative estimate of drug-likeness (QED) is 0.351. The van der Waals surface area contributed by atoms with E-state index in [1.54, 1.807) is 36.4 Å². The lowest BCUT2D eigenvalue weighted by Gasteiger charge is -2.08. The van der Waals surface area contributed by atoms with E-state index in [2.05, 4.69) is 16.2 Å². The summed E-state index contributed by atoms with van der Waals surface area (Å²) in [6.07, 6.45) is 0. The van der Waals surface area contributed by atoms with Crippen LogP contribution >= 0.6 is 23.2 Å². The molecule has 0 atom stereocenters. The smallest absolute Gasteiger partial charge is 0.274 e. The SMILES string of the molecule is N#Cc1ccc(-c2cc(=O)n3nc(-c4ccccc4)c(-c4ccc(Cl)cc4Cl)c3[nH]2)cc1. The molecule has 3 aromatic carbocycles. The van der Waals surface area contributed by atoms with E-state index in [0.29, 0.717) is 43.8 Å². The molecule has 0 saturated carbocycles. The van der Waals surface area contributed by atoms with Crippen LogP contribution in [0, 0.1) is 11.3 Å². The van der Waals surface area contributed by atoms with Crippen LogP contribution in [0.3, 0.4) is 0 Å². The average molecular weight is 457 g/mol. The molecule has 1 N–H and O–H groups in total. The average Bonchev–Trinajstić information content (AvgIpc) is 3.20. The number of nitrogens with one attached hydrogen (secondary N) is 1. The van der Waals surface area contributed by atoms with Gasteiger partial charge in [-0.25, -0.2) is 0 Å². The molecule has 0 fully saturated rings. The third kappa shape index (κ3) is 3.46. The van der Waals surface area contributed by atoms with E-state index < -0.39 is 0 Å². The van der Waals surface area contributed by atoms with Crippen LogP contribution in [0.5, 0.6) is 0 Å². The van der Waals surface area contributed by atoms with E-state index in [0.717, 1.165) is 11.1 Å². The van der Waals surface area contributed by atoms with Crippen molar-refractivity contribution in [3.63, 3.8) is 0 Å². The highest BCUT2D eigenvalue weighted by atomic mass is 35.5. The third-order valence-corrected chi connectivity index (χ3v) is 5.74. The molecule has 7 heteroatoms. The minimum Gasteiger partial charge on any atom is -0.339 e. The van der Waals surface area contributed by atoms with E-state index in [4.69, 9.17) is 28.5 Å². The van der Waals surface area contributed by atoms with Crippen molar-refractivity contribution in [2.45, 2.75) is 0 Å². The van der Waals surface area contributed by atoms with Crippen LogP contribution in [0.15, 0.2) is 83.7 Å². The molecule has 0 aliphatic carbocycles. The van der Waals surface area contributed by atoms with Gasteiger partial charge in [0.15, 0.2) is 0 Å². The van der Waals surface area contributed by atoms with Gasteiger partial charge >= 0.3 is 0 Å². The van der Waals surface area contributed by atoms with Crippen molar-refractivity contribution in [2.24, 2.45) is 0 Å². The largest absolute Gasteiger partial charge is 0.339 e. The number of aromatic nitrogens is 3. The third-order valence-electron chi connectivity index (χ3n) is 5.19. The highest BCUT2D eigenvalue weighted by Crippen LogP contribution is 2.39. The molecule has 0 unspecified atom stereocenters. The molecule has 5 aromatic rings. The summed E-state index contributed by atoms with van der Waals surface area (Å²) in [6.45, 7) is 0. The van der Waals surface area contributed by atoms with Crippen LogP contribution in [0.2, 0.25) is 10.0 Å². The predicted octanol–water partition coefficient (Wildman–Crippen LogP) is 6.20. The number of fused-ring (bicyclic) bond motifs is 1. The van der Waals surface area contributed by atoms with Gasteiger partial charge in [-0.1, -0.05) is 71.7 Å². The zero-order valence-corrected chi connectivity index (χ0v) is 18.0. The summed E-state index contributed by atoms with van der Waals surface area (Å²) in [4.78, 5) is 16.4. The van der Waals surface area contributed by atoms with Crippen molar-refractivity contribution in [3.8, 4) is 39.7 Å². The molecule has 0 spiro atoms. The number of halogens is 2. The number of benzene rings is 3. The van der Waals surface area contributed by atoms with Crippen molar-refractivity contribution in [2.75, 3.05) is 0 Å². The number of hydrogen-bond donors (Lipinski definition) is 1. The zero-order valence-electron chi connectivity index (χ0n) is 16.5. The number of rotatable bonds is 3. The molecule has 154 valence electrons. The molecule has 32 heavy (non-hydrogen) atoms. The highest BCUT2D eigenvalue weighted by Gasteiger charge is 2.21. The maximum atomic E-state index is 13.0. The van der Waals surface area contributed by atoms with Gasteiger partial charge < -0.3 is 4.98 Å². The Morgan fingerprint density at radius 2 is 1.66 bits per heavy atom. The Labute approximate surface area is 193 Å². The van der Waals surface area contributed by atoms with Gasteiger partial charge in [-0.15, -0.1) is 0 Å². The van der Waals surface area contributed by atoms with Gasteiger partial charge in [0.25, 0.3) is 5.56 Å². The number of nitrogens with zero attached hydrogens (tertiary/aromatic N) is 3. The summed E-state index contributed by atoms with van der Waals surface area (Å²) in [5, 5.41) is 14.7. The van der Waals surface area contributed by atoms with Gasteiger partial charge in [0, 0.05) is 22.2 Å². The van der Waals surface area contributed by atoms with Crippen LogP contribution < -0.4 is 5.56 Å². The summed E-state index contributed by atoms with van der Waals surface area (Å²) in [7, 11) is 0. The predicted molar refractivity (Wildman–Crippen MR) is 127 cm³/mol. The van der Waals surface area contributed by atoms with E-state index >= 15 is 0 Å². The molecule has 5 nitrogen and oxygen atoms in total. The minimum atomic E-state index is -0.286. The molecular formula is C25H14Cl2N4O. The first-order valence-electron chi connectivity index (χ1n) is 9.72. The molecule has 0 aliphatic rings. The fourth-order valence-corrected chi connectivity index (χ4v) is 4.17. The van der Waals surface area contributed by atoms with Crippen LogP contribution in [0.25, 0.3) is 39.3 Å². The fraction of sp³-hybridized carbons (Fsp3) is 0. The molecule has 0 saturated heterocycles. The first-order chi connectivity index (χ1) is 15.5. The maximum Gasteiger partial charge on any atom is 0.274 e. The second kappa shape index (κ2) is 8.01. The molecular weight excluding hydrogens is 443 g/mol. The molecule has 2 aromatic heterocycles. The molecule has 0 aliphatic heterocycles. The number of nitriles is 1. The van der Waals surface area contributed by atoms with Gasteiger partial charge in [0.2, 0.25) is 0 Å². The van der Waals surface area contributed by atoms with Crippen molar-refractivity contribution < 1.29 is 0 Å². The zero-order chi connectivity index (χ0) is 22.2. The topological polar surface area (TPSA) is 73.9 Å². The van der Waals surface area contributed by atoms with Gasteiger partial charge in [0.1, 0.15) is 11.3 Å². The molecule has 0 bridgehead atoms. The number of hydrogen-bond acceptors (Lipinski definition) is 3. The van der Waals surface area contributed by atoms with Crippen LogP contribution in [-0.2, 0) is 0 Å². The molecule has 0 radical (unpaired) electrons. The van der Waals surface area contributed by atoms with Crippen LogP contribution in [-0.4, -0.2) is 14.6 Å². The maximum absolute atomic E-state index is 13.0. The van der Waals surface area contributed by atoms with Gasteiger partial charge in [-0.05, 0) is 29.8 Å². The van der Waals surface area contributed by atoms with E-state index in [1.807, 2.05) is 36.4 Å². The van der Waals surface area contributed by atoms with Crippen LogP contribution in [0.1, 0.15) is 5.56 Å². The lowest BCUT2D eigenvalue weighted by Crippen LogP contribution is -2.14. The fourth-order valence-electron chi connectivity index (χ4n) is 3.67. The Bertz CT molecular complexity index is 1560. The summed E-state index contributed by atoms with van der Waals surface area (Å²) in [6, 6.07) is 25.4. The van der Waals surface area contributed by atoms with E-state index in [-0.39, 0.29) is 5.56 Å². The van der Waals surface area contributed by atoms with Crippen molar-refractivity contribution in [1.82, 2.24) is 14.6 Å². The van der Waals surface area contributed by atoms with Crippen molar-refractivity contribution >= 4 is 28.8 Å². The van der Waals surface area contributed by atoms with E-state index in [1.165, 1.54) is 10.6 Å². The Morgan fingerprint density at radius 1 is 0.906 bits per heavy atom. The van der Waals surface area contributed by atoms with Crippen molar-refractivity contribution in [1.29, 1.82) is 5.26 Å². The highest BCUT2D eigenvalue weighted by molar-refractivity contribution is 6.36. The first kappa shape index (κ1) is 20.1. The number of H-pyrrole nitrogens is 1. The summed E-state index contributed by atoms with van der Waals surface area (Å²) in [5.74, 6) is 0. The standard InChI is InChI=1S/C25H14Cl2N4O/c26-18-10-11-19(20(27)12-18)23-24(17-4-2-1-3-5-17)30-31-22(32)13-21(29-25(23)31)16-8-6-15(14-28)7-9-16/h1-13,29H. The monoisotopic (exact) mass is 456 g/mol. The Hall–Kier alpha value is -3.85. The second-order valence-corrected chi connectivity index (χ2v) is 8.03. The van der Waals surface area contributed by atoms with Gasteiger partial charge in [-0.3, -0.25) is 4.79 Å². The van der Waals surface area contributed by atoms with Crippen molar-refractivity contribution in [3.05, 3.63) is 105 Å². The van der Waals surface area contributed by atoms with E-state index in [9.17, 15) is 4.79 Å².